The molecular formula is C12H21NO5. The highest BCUT2D eigenvalue weighted by Crippen LogP contribution is 2.30. The van der Waals surface area contributed by atoms with Gasteiger partial charge < -0.3 is 14.9 Å². The normalized spacial score (nSPS) is 28.9. The molecule has 1 aliphatic rings. The minimum atomic E-state index is -1.32. The lowest BCUT2D eigenvalue weighted by Gasteiger charge is -2.43. The van der Waals surface area contributed by atoms with Gasteiger partial charge in [0.1, 0.15) is 11.1 Å². The predicted molar refractivity (Wildman–Crippen MR) is 64.2 cm³/mol. The zero-order chi connectivity index (χ0) is 14.1. The summed E-state index contributed by atoms with van der Waals surface area (Å²) in [5, 5.41) is 18.9. The Morgan fingerprint density at radius 2 is 1.94 bits per heavy atom. The highest BCUT2D eigenvalue weighted by molar-refractivity contribution is 5.84. The number of rotatable bonds is 1. The molecule has 1 amide bonds. The van der Waals surface area contributed by atoms with Crippen LogP contribution in [0.3, 0.4) is 0 Å². The molecule has 0 aromatic rings. The first-order valence-corrected chi connectivity index (χ1v) is 5.98. The maximum atomic E-state index is 12.0. The molecule has 1 saturated heterocycles. The van der Waals surface area contributed by atoms with Crippen LogP contribution in [0.25, 0.3) is 0 Å². The van der Waals surface area contributed by atoms with Gasteiger partial charge in [0, 0.05) is 0 Å². The van der Waals surface area contributed by atoms with E-state index in [0.717, 1.165) is 4.90 Å². The molecule has 2 N–H and O–H groups in total. The molecule has 6 heteroatoms. The van der Waals surface area contributed by atoms with Gasteiger partial charge in [-0.3, -0.25) is 4.90 Å². The number of hydrogen-bond donors (Lipinski definition) is 2. The van der Waals surface area contributed by atoms with E-state index >= 15 is 0 Å². The van der Waals surface area contributed by atoms with E-state index in [-0.39, 0.29) is 13.0 Å². The molecule has 1 fully saturated rings. The number of carboxylic acid groups (broad SMARTS) is 1. The van der Waals surface area contributed by atoms with Gasteiger partial charge in [-0.25, -0.2) is 9.59 Å². The van der Waals surface area contributed by atoms with Crippen molar-refractivity contribution in [3.63, 3.8) is 0 Å². The Hall–Kier alpha value is -1.30. The molecule has 1 rings (SSSR count). The van der Waals surface area contributed by atoms with Gasteiger partial charge >= 0.3 is 12.1 Å². The monoisotopic (exact) mass is 259 g/mol. The van der Waals surface area contributed by atoms with Crippen molar-refractivity contribution in [1.29, 1.82) is 0 Å². The molecule has 0 radical (unpaired) electrons. The van der Waals surface area contributed by atoms with Crippen LogP contribution in [0.5, 0.6) is 0 Å². The number of aliphatic hydroxyl groups is 1. The summed E-state index contributed by atoms with van der Waals surface area (Å²) in [5.41, 5.74) is -2.01. The van der Waals surface area contributed by atoms with Crippen molar-refractivity contribution >= 4 is 12.1 Å². The maximum Gasteiger partial charge on any atom is 0.411 e. The van der Waals surface area contributed by atoms with Gasteiger partial charge in [0.2, 0.25) is 0 Å². The Labute approximate surface area is 107 Å². The summed E-state index contributed by atoms with van der Waals surface area (Å²) in [6.45, 7) is 6.60. The Bertz CT molecular complexity index is 349. The summed E-state index contributed by atoms with van der Waals surface area (Å²) < 4.78 is 5.18. The van der Waals surface area contributed by atoms with Gasteiger partial charge in [-0.2, -0.15) is 0 Å². The minimum absolute atomic E-state index is 0.0162. The lowest BCUT2D eigenvalue weighted by Crippen LogP contribution is -2.61. The lowest BCUT2D eigenvalue weighted by atomic mass is 9.88. The van der Waals surface area contributed by atoms with Crippen LogP contribution in [0.2, 0.25) is 0 Å². The number of aliphatic carboxylic acids is 1. The van der Waals surface area contributed by atoms with Crippen molar-refractivity contribution < 1.29 is 24.5 Å². The summed E-state index contributed by atoms with van der Waals surface area (Å²) >= 11 is 0. The van der Waals surface area contributed by atoms with Crippen molar-refractivity contribution in [3.8, 4) is 0 Å². The molecule has 0 aliphatic carbocycles. The zero-order valence-electron chi connectivity index (χ0n) is 11.3. The van der Waals surface area contributed by atoms with Gasteiger partial charge in [-0.05, 0) is 40.5 Å². The fraction of sp³-hybridized carbons (Fsp3) is 0.833. The van der Waals surface area contributed by atoms with E-state index in [1.54, 1.807) is 20.8 Å². The second kappa shape index (κ2) is 4.76. The number of amides is 1. The van der Waals surface area contributed by atoms with Crippen molar-refractivity contribution in [3.05, 3.63) is 0 Å². The summed E-state index contributed by atoms with van der Waals surface area (Å²) in [6, 6.07) is 0. The highest BCUT2D eigenvalue weighted by Gasteiger charge is 2.47. The Morgan fingerprint density at radius 1 is 1.39 bits per heavy atom. The fourth-order valence-electron chi connectivity index (χ4n) is 1.90. The van der Waals surface area contributed by atoms with E-state index in [1.807, 2.05) is 0 Å². The van der Waals surface area contributed by atoms with Crippen molar-refractivity contribution in [2.45, 2.75) is 57.8 Å². The Kier molecular flexibility index (Phi) is 3.90. The lowest BCUT2D eigenvalue weighted by molar-refractivity contribution is -0.154. The molecule has 18 heavy (non-hydrogen) atoms. The standard InChI is InChI=1S/C12H21NO5/c1-11(2,3)18-10(17)13-7-8(14)5-6-12(13,4)9(15)16/h8,14H,5-7H2,1-4H3,(H,15,16)/t8-,12-/m0/s1. The number of ether oxygens (including phenoxy) is 1. The number of hydrogen-bond acceptors (Lipinski definition) is 4. The quantitative estimate of drug-likeness (QED) is 0.739. The van der Waals surface area contributed by atoms with Gasteiger partial charge in [-0.15, -0.1) is 0 Å². The molecule has 0 bridgehead atoms. The second-order valence-corrected chi connectivity index (χ2v) is 5.86. The Morgan fingerprint density at radius 3 is 2.39 bits per heavy atom. The number of nitrogens with zero attached hydrogens (tertiary/aromatic N) is 1. The van der Waals surface area contributed by atoms with Crippen LogP contribution < -0.4 is 0 Å². The maximum absolute atomic E-state index is 12.0. The number of carbonyl (C=O) groups excluding carboxylic acids is 1. The number of β-amino-alcohol motifs (C(OH)–C–C–N with tert-alkyl or cyclic N) is 1. The van der Waals surface area contributed by atoms with Crippen molar-refractivity contribution in [1.82, 2.24) is 4.90 Å². The molecule has 0 aromatic carbocycles. The molecule has 0 aromatic heterocycles. The largest absolute Gasteiger partial charge is 0.480 e. The van der Waals surface area contributed by atoms with E-state index in [9.17, 15) is 19.8 Å². The minimum Gasteiger partial charge on any atom is -0.480 e. The van der Waals surface area contributed by atoms with E-state index in [0.29, 0.717) is 6.42 Å². The SMILES string of the molecule is CC(C)(C)OC(=O)N1C[C@@H](O)CC[C@@]1(C)C(=O)O. The summed E-state index contributed by atoms with van der Waals surface area (Å²) in [5.74, 6) is -1.08. The van der Waals surface area contributed by atoms with E-state index in [4.69, 9.17) is 4.74 Å². The average Bonchev–Trinajstić information content (AvgIpc) is 2.18. The number of likely N-dealkylation sites (tertiary alicyclic amines) is 1. The van der Waals surface area contributed by atoms with Crippen LogP contribution in [0, 0.1) is 0 Å². The van der Waals surface area contributed by atoms with Gasteiger partial charge in [0.05, 0.1) is 12.6 Å². The topological polar surface area (TPSA) is 87.1 Å². The molecule has 1 aliphatic heterocycles. The van der Waals surface area contributed by atoms with E-state index in [2.05, 4.69) is 0 Å². The fourth-order valence-corrected chi connectivity index (χ4v) is 1.90. The van der Waals surface area contributed by atoms with Gasteiger partial charge in [0.25, 0.3) is 0 Å². The van der Waals surface area contributed by atoms with Crippen LogP contribution in [0.15, 0.2) is 0 Å². The molecule has 1 heterocycles. The van der Waals surface area contributed by atoms with Crippen LogP contribution in [0.1, 0.15) is 40.5 Å². The number of piperidine rings is 1. The first kappa shape index (κ1) is 14.8. The van der Waals surface area contributed by atoms with Crippen LogP contribution in [-0.2, 0) is 9.53 Å². The first-order chi connectivity index (χ1) is 8.06. The smallest absolute Gasteiger partial charge is 0.411 e. The summed E-state index contributed by atoms with van der Waals surface area (Å²) in [4.78, 5) is 24.4. The molecule has 2 atom stereocenters. The van der Waals surface area contributed by atoms with Crippen LogP contribution in [0.4, 0.5) is 4.79 Å². The summed E-state index contributed by atoms with van der Waals surface area (Å²) in [6.07, 6.45) is -0.832. The third-order valence-corrected chi connectivity index (χ3v) is 3.03. The van der Waals surface area contributed by atoms with E-state index in [1.165, 1.54) is 6.92 Å². The number of carboxylic acids is 1. The molecule has 0 spiro atoms. The highest BCUT2D eigenvalue weighted by atomic mass is 16.6. The molecule has 104 valence electrons. The molecule has 6 nitrogen and oxygen atoms in total. The average molecular weight is 259 g/mol. The third-order valence-electron chi connectivity index (χ3n) is 3.03. The number of carbonyl (C=O) groups is 2. The first-order valence-electron chi connectivity index (χ1n) is 5.98. The molecule has 0 saturated carbocycles. The van der Waals surface area contributed by atoms with E-state index < -0.39 is 29.3 Å². The van der Waals surface area contributed by atoms with Crippen molar-refractivity contribution in [2.24, 2.45) is 0 Å². The number of aliphatic hydroxyl groups excluding tert-OH is 1. The van der Waals surface area contributed by atoms with Gasteiger partial charge in [0.15, 0.2) is 0 Å². The predicted octanol–water partition coefficient (Wildman–Crippen LogP) is 1.22. The third kappa shape index (κ3) is 3.13. The van der Waals surface area contributed by atoms with Crippen LogP contribution in [-0.4, -0.2) is 51.0 Å². The summed E-state index contributed by atoms with van der Waals surface area (Å²) in [7, 11) is 0. The molecular weight excluding hydrogens is 238 g/mol. The zero-order valence-corrected chi connectivity index (χ0v) is 11.3. The second-order valence-electron chi connectivity index (χ2n) is 5.86. The van der Waals surface area contributed by atoms with Gasteiger partial charge in [-0.1, -0.05) is 0 Å². The van der Waals surface area contributed by atoms with Crippen LogP contribution >= 0.6 is 0 Å². The Balaban J connectivity index is 2.93. The molecule has 0 unspecified atom stereocenters. The van der Waals surface area contributed by atoms with Crippen molar-refractivity contribution in [2.75, 3.05) is 6.54 Å².